The number of hydrogen-bond donors (Lipinski definition) is 0. The molecule has 3 rings (SSSR count). The molecule has 0 bridgehead atoms. The van der Waals surface area contributed by atoms with Crippen LogP contribution in [-0.2, 0) is 4.79 Å². The second-order valence-corrected chi connectivity index (χ2v) is 7.25. The van der Waals surface area contributed by atoms with Gasteiger partial charge in [0.25, 0.3) is 0 Å². The first-order valence-corrected chi connectivity index (χ1v) is 8.51. The second-order valence-electron chi connectivity index (χ2n) is 6.00. The van der Waals surface area contributed by atoms with Crippen LogP contribution in [0.1, 0.15) is 44.9 Å². The molecule has 2 aliphatic carbocycles. The fourth-order valence-corrected chi connectivity index (χ4v) is 4.42. The van der Waals surface area contributed by atoms with Crippen molar-refractivity contribution in [1.82, 2.24) is 0 Å². The summed E-state index contributed by atoms with van der Waals surface area (Å²) in [5.74, 6) is 0.777. The van der Waals surface area contributed by atoms with E-state index < -0.39 is 0 Å². The highest BCUT2D eigenvalue weighted by atomic mass is 35.5. The molecule has 0 saturated heterocycles. The lowest BCUT2D eigenvalue weighted by atomic mass is 9.60. The largest absolute Gasteiger partial charge is 0.486 e. The van der Waals surface area contributed by atoms with Gasteiger partial charge in [0, 0.05) is 11.4 Å². The Morgan fingerprint density at radius 2 is 1.57 bits per heavy atom. The maximum absolute atomic E-state index is 12.2. The average Bonchev–Trinajstić information content (AvgIpc) is 2.69. The molecule has 0 aromatic heterocycles. The highest BCUT2D eigenvalue weighted by Crippen LogP contribution is 2.51. The fourth-order valence-electron chi connectivity index (χ4n) is 3.51. The Kier molecular flexibility index (Phi) is 4.40. The molecule has 2 nitrogen and oxygen atoms in total. The van der Waals surface area contributed by atoms with Crippen molar-refractivity contribution in [3.63, 3.8) is 0 Å². The van der Waals surface area contributed by atoms with Crippen molar-refractivity contribution in [2.45, 2.75) is 51.0 Å². The van der Waals surface area contributed by atoms with Crippen molar-refractivity contribution in [3.05, 3.63) is 27.2 Å². The molecule has 1 atom stereocenters. The first kappa shape index (κ1) is 15.5. The van der Waals surface area contributed by atoms with E-state index in [4.69, 9.17) is 39.5 Å². The number of benzene rings is 1. The molecule has 1 spiro atoms. The molecule has 114 valence electrons. The summed E-state index contributed by atoms with van der Waals surface area (Å²) >= 11 is 18.3. The van der Waals surface area contributed by atoms with E-state index in [1.165, 1.54) is 12.8 Å². The van der Waals surface area contributed by atoms with E-state index in [-0.39, 0.29) is 11.5 Å². The van der Waals surface area contributed by atoms with E-state index in [2.05, 4.69) is 0 Å². The zero-order chi connectivity index (χ0) is 15.0. The summed E-state index contributed by atoms with van der Waals surface area (Å²) in [6, 6.07) is 3.23. The zero-order valence-electron chi connectivity index (χ0n) is 11.6. The number of halogens is 3. The van der Waals surface area contributed by atoms with Gasteiger partial charge in [-0.25, -0.2) is 0 Å². The van der Waals surface area contributed by atoms with E-state index in [1.807, 2.05) is 0 Å². The molecular formula is C16H17Cl3O2. The molecule has 2 saturated carbocycles. The normalized spacial score (nSPS) is 24.5. The monoisotopic (exact) mass is 346 g/mol. The Balaban J connectivity index is 1.83. The van der Waals surface area contributed by atoms with E-state index in [0.29, 0.717) is 33.0 Å². The number of ketones is 1. The summed E-state index contributed by atoms with van der Waals surface area (Å²) in [6.45, 7) is 0. The summed E-state index contributed by atoms with van der Waals surface area (Å²) in [4.78, 5) is 12.2. The zero-order valence-corrected chi connectivity index (χ0v) is 13.9. The van der Waals surface area contributed by atoms with E-state index in [0.717, 1.165) is 25.7 Å². The molecule has 21 heavy (non-hydrogen) atoms. The highest BCUT2D eigenvalue weighted by molar-refractivity contribution is 6.40. The van der Waals surface area contributed by atoms with Crippen LogP contribution in [0.5, 0.6) is 5.75 Å². The maximum atomic E-state index is 12.2. The van der Waals surface area contributed by atoms with Gasteiger partial charge in [0.1, 0.15) is 11.9 Å². The molecule has 0 N–H and O–H groups in total. The smallest absolute Gasteiger partial charge is 0.157 e. The van der Waals surface area contributed by atoms with Crippen molar-refractivity contribution in [1.29, 1.82) is 0 Å². The molecule has 0 amide bonds. The number of hydrogen-bond acceptors (Lipinski definition) is 2. The maximum Gasteiger partial charge on any atom is 0.157 e. The van der Waals surface area contributed by atoms with Gasteiger partial charge in [-0.1, -0.05) is 60.5 Å². The summed E-state index contributed by atoms with van der Waals surface area (Å²) in [5.41, 5.74) is -0.317. The van der Waals surface area contributed by atoms with Gasteiger partial charge < -0.3 is 4.74 Å². The van der Waals surface area contributed by atoms with Gasteiger partial charge in [0.05, 0.1) is 15.5 Å². The molecule has 1 unspecified atom stereocenters. The minimum atomic E-state index is -0.317. The first-order valence-electron chi connectivity index (χ1n) is 7.37. The summed E-state index contributed by atoms with van der Waals surface area (Å²) < 4.78 is 6.04. The SMILES string of the molecule is O=C1CC(Oc2c(Cl)cc(Cl)cc2Cl)C12CCCCCC2. The standard InChI is InChI=1S/C16H17Cl3O2/c17-10-7-11(18)15(12(19)8-10)21-14-9-13(20)16(14)5-3-1-2-4-6-16/h7-8,14H,1-6,9H2. The third-order valence-corrected chi connectivity index (χ3v) is 5.54. The molecule has 1 aromatic rings. The van der Waals surface area contributed by atoms with Gasteiger partial charge in [0.2, 0.25) is 0 Å². The van der Waals surface area contributed by atoms with Crippen LogP contribution in [0.2, 0.25) is 15.1 Å². The van der Waals surface area contributed by atoms with Crippen LogP contribution in [0.15, 0.2) is 12.1 Å². The van der Waals surface area contributed by atoms with E-state index in [1.54, 1.807) is 12.1 Å². The summed E-state index contributed by atoms with van der Waals surface area (Å²) in [5, 5.41) is 1.28. The van der Waals surface area contributed by atoms with Crippen molar-refractivity contribution in [3.8, 4) is 5.75 Å². The van der Waals surface area contributed by atoms with Crippen LogP contribution >= 0.6 is 34.8 Å². The molecule has 0 radical (unpaired) electrons. The van der Waals surface area contributed by atoms with Crippen LogP contribution < -0.4 is 4.74 Å². The van der Waals surface area contributed by atoms with Crippen LogP contribution in [0.25, 0.3) is 0 Å². The lowest BCUT2D eigenvalue weighted by Gasteiger charge is -2.47. The second kappa shape index (κ2) is 5.98. The molecule has 1 aromatic carbocycles. The predicted molar refractivity (Wildman–Crippen MR) is 85.6 cm³/mol. The third kappa shape index (κ3) is 2.78. The minimum Gasteiger partial charge on any atom is -0.486 e. The third-order valence-electron chi connectivity index (χ3n) is 4.76. The van der Waals surface area contributed by atoms with Gasteiger partial charge in [-0.15, -0.1) is 0 Å². The molecule has 2 fully saturated rings. The van der Waals surface area contributed by atoms with Crippen LogP contribution in [0.3, 0.4) is 0 Å². The van der Waals surface area contributed by atoms with Crippen molar-refractivity contribution in [2.75, 3.05) is 0 Å². The van der Waals surface area contributed by atoms with Gasteiger partial charge in [-0.05, 0) is 25.0 Å². The predicted octanol–water partition coefficient (Wildman–Crippen LogP) is 5.71. The van der Waals surface area contributed by atoms with Crippen LogP contribution in [-0.4, -0.2) is 11.9 Å². The van der Waals surface area contributed by atoms with Crippen LogP contribution in [0, 0.1) is 5.41 Å². The average molecular weight is 348 g/mol. The number of rotatable bonds is 2. The van der Waals surface area contributed by atoms with Gasteiger partial charge in [0.15, 0.2) is 5.75 Å². The summed E-state index contributed by atoms with van der Waals surface area (Å²) in [6.07, 6.45) is 6.75. The molecule has 0 heterocycles. The quantitative estimate of drug-likeness (QED) is 0.685. The molecular weight excluding hydrogens is 331 g/mol. The number of carbonyl (C=O) groups is 1. The van der Waals surface area contributed by atoms with Gasteiger partial charge in [-0.2, -0.15) is 0 Å². The van der Waals surface area contributed by atoms with Crippen molar-refractivity contribution in [2.24, 2.45) is 5.41 Å². The Morgan fingerprint density at radius 1 is 1.00 bits per heavy atom. The van der Waals surface area contributed by atoms with E-state index in [9.17, 15) is 4.79 Å². The molecule has 2 aliphatic rings. The topological polar surface area (TPSA) is 26.3 Å². The van der Waals surface area contributed by atoms with Gasteiger partial charge in [-0.3, -0.25) is 4.79 Å². The van der Waals surface area contributed by atoms with Crippen LogP contribution in [0.4, 0.5) is 0 Å². The van der Waals surface area contributed by atoms with Crippen molar-refractivity contribution < 1.29 is 9.53 Å². The minimum absolute atomic E-state index is 0.112. The Bertz CT molecular complexity index is 540. The fraction of sp³-hybridized carbons (Fsp3) is 0.562. The summed E-state index contributed by atoms with van der Waals surface area (Å²) in [7, 11) is 0. The Hall–Kier alpha value is -0.440. The number of Topliss-reactive ketones (excluding diaryl/α,β-unsaturated/α-hetero) is 1. The number of carbonyl (C=O) groups excluding carboxylic acids is 1. The van der Waals surface area contributed by atoms with Crippen molar-refractivity contribution >= 4 is 40.6 Å². The highest BCUT2D eigenvalue weighted by Gasteiger charge is 2.55. The molecule has 5 heteroatoms. The molecule has 0 aliphatic heterocycles. The van der Waals surface area contributed by atoms with Gasteiger partial charge >= 0.3 is 0 Å². The lowest BCUT2D eigenvalue weighted by molar-refractivity contribution is -0.154. The first-order chi connectivity index (χ1) is 10.0. The number of ether oxygens (including phenoxy) is 1. The Labute approximate surface area is 139 Å². The lowest BCUT2D eigenvalue weighted by Crippen LogP contribution is -2.56. The Morgan fingerprint density at radius 3 is 2.10 bits per heavy atom. The van der Waals surface area contributed by atoms with E-state index >= 15 is 0 Å².